The predicted octanol–water partition coefficient (Wildman–Crippen LogP) is 1.85. The second-order valence-electron chi connectivity index (χ2n) is 2.38. The van der Waals surface area contributed by atoms with Gasteiger partial charge in [0, 0.05) is 6.42 Å². The number of hydrogen-bond donors (Lipinski definition) is 0. The van der Waals surface area contributed by atoms with Crippen molar-refractivity contribution in [3.8, 4) is 0 Å². The van der Waals surface area contributed by atoms with Gasteiger partial charge < -0.3 is 0 Å². The van der Waals surface area contributed by atoms with Crippen LogP contribution in [0, 0.1) is 0 Å². The summed E-state index contributed by atoms with van der Waals surface area (Å²) in [5.74, 6) is 0.220. The molecule has 0 heterocycles. The van der Waals surface area contributed by atoms with E-state index in [1.807, 2.05) is 19.9 Å². The third-order valence-electron chi connectivity index (χ3n) is 1.61. The number of allylic oxidation sites excluding steroid dienone is 4. The molecule has 9 heavy (non-hydrogen) atoms. The van der Waals surface area contributed by atoms with Crippen LogP contribution in [0.25, 0.3) is 0 Å². The van der Waals surface area contributed by atoms with Crippen molar-refractivity contribution in [3.63, 3.8) is 0 Å². The fraction of sp³-hybridized carbons (Fsp3) is 0.375. The maximum Gasteiger partial charge on any atom is 0.159 e. The van der Waals surface area contributed by atoms with Crippen molar-refractivity contribution in [3.05, 3.63) is 23.3 Å². The maximum atomic E-state index is 10.7. The first-order chi connectivity index (χ1) is 4.20. The summed E-state index contributed by atoms with van der Waals surface area (Å²) in [4.78, 5) is 10.7. The lowest BCUT2D eigenvalue weighted by Crippen LogP contribution is -1.98. The molecule has 1 heteroatoms. The molecular formula is C8H10O. The predicted molar refractivity (Wildman–Crippen MR) is 37.1 cm³/mol. The summed E-state index contributed by atoms with van der Waals surface area (Å²) in [6, 6.07) is 0. The van der Waals surface area contributed by atoms with Crippen LogP contribution in [0.15, 0.2) is 23.3 Å². The second-order valence-corrected chi connectivity index (χ2v) is 2.38. The number of carbonyl (C=O) groups is 1. The average Bonchev–Trinajstić information content (AvgIpc) is 1.80. The molecule has 0 N–H and O–H groups in total. The Kier molecular flexibility index (Phi) is 1.52. The van der Waals surface area contributed by atoms with E-state index >= 15 is 0 Å². The van der Waals surface area contributed by atoms with E-state index in [0.717, 1.165) is 5.57 Å². The lowest BCUT2D eigenvalue weighted by atomic mass is 10.0. The Morgan fingerprint density at radius 2 is 2.00 bits per heavy atom. The Morgan fingerprint density at radius 3 is 2.44 bits per heavy atom. The summed E-state index contributed by atoms with van der Waals surface area (Å²) in [7, 11) is 0. The van der Waals surface area contributed by atoms with Gasteiger partial charge in [-0.05, 0) is 25.5 Å². The standard InChI is InChI=1S/C8H10O/c1-6-3-4-8(9)5-7(6)2/h3,5H,4H2,1-2H3. The summed E-state index contributed by atoms with van der Waals surface area (Å²) in [5, 5.41) is 0. The van der Waals surface area contributed by atoms with Gasteiger partial charge in [-0.2, -0.15) is 0 Å². The molecule has 0 radical (unpaired) electrons. The van der Waals surface area contributed by atoms with E-state index in [-0.39, 0.29) is 5.78 Å². The molecule has 1 aliphatic carbocycles. The first-order valence-corrected chi connectivity index (χ1v) is 3.08. The first kappa shape index (κ1) is 6.27. The Bertz CT molecular complexity index is 197. The Hall–Kier alpha value is -0.850. The van der Waals surface area contributed by atoms with Gasteiger partial charge in [0.25, 0.3) is 0 Å². The van der Waals surface area contributed by atoms with Gasteiger partial charge in [0.05, 0.1) is 0 Å². The molecule has 0 spiro atoms. The largest absolute Gasteiger partial charge is 0.295 e. The van der Waals surface area contributed by atoms with Crippen molar-refractivity contribution in [2.75, 3.05) is 0 Å². The summed E-state index contributed by atoms with van der Waals surface area (Å²) >= 11 is 0. The van der Waals surface area contributed by atoms with Crippen LogP contribution in [0.3, 0.4) is 0 Å². The van der Waals surface area contributed by atoms with Crippen molar-refractivity contribution >= 4 is 5.78 Å². The van der Waals surface area contributed by atoms with E-state index in [9.17, 15) is 4.79 Å². The van der Waals surface area contributed by atoms with Crippen molar-refractivity contribution in [2.24, 2.45) is 0 Å². The molecule has 1 aliphatic rings. The van der Waals surface area contributed by atoms with Crippen LogP contribution in [0.5, 0.6) is 0 Å². The highest BCUT2D eigenvalue weighted by molar-refractivity contribution is 5.93. The molecule has 48 valence electrons. The van der Waals surface area contributed by atoms with Crippen LogP contribution in [-0.2, 0) is 4.79 Å². The van der Waals surface area contributed by atoms with Crippen molar-refractivity contribution in [1.82, 2.24) is 0 Å². The number of carbonyl (C=O) groups excluding carboxylic acids is 1. The van der Waals surface area contributed by atoms with Crippen LogP contribution in [0.1, 0.15) is 20.3 Å². The fourth-order valence-corrected chi connectivity index (χ4v) is 0.829. The zero-order valence-electron chi connectivity index (χ0n) is 5.77. The first-order valence-electron chi connectivity index (χ1n) is 3.08. The Morgan fingerprint density at radius 1 is 1.33 bits per heavy atom. The minimum atomic E-state index is 0.220. The fourth-order valence-electron chi connectivity index (χ4n) is 0.829. The molecule has 0 atom stereocenters. The van der Waals surface area contributed by atoms with Crippen LogP contribution >= 0.6 is 0 Å². The molecular weight excluding hydrogens is 112 g/mol. The molecule has 0 aliphatic heterocycles. The Balaban J connectivity index is 2.87. The molecule has 0 saturated heterocycles. The SMILES string of the molecule is CC1=CCC(=O)C=C1C. The number of rotatable bonds is 0. The van der Waals surface area contributed by atoms with Gasteiger partial charge in [-0.15, -0.1) is 0 Å². The van der Waals surface area contributed by atoms with Crippen molar-refractivity contribution < 1.29 is 4.79 Å². The Labute approximate surface area is 55.1 Å². The van der Waals surface area contributed by atoms with Crippen LogP contribution < -0.4 is 0 Å². The molecule has 0 bridgehead atoms. The highest BCUT2D eigenvalue weighted by Gasteiger charge is 2.03. The molecule has 0 aromatic heterocycles. The molecule has 0 saturated carbocycles. The highest BCUT2D eigenvalue weighted by atomic mass is 16.1. The van der Waals surface area contributed by atoms with E-state index in [1.54, 1.807) is 6.08 Å². The summed E-state index contributed by atoms with van der Waals surface area (Å²) in [6.45, 7) is 3.99. The second kappa shape index (κ2) is 2.18. The maximum absolute atomic E-state index is 10.7. The van der Waals surface area contributed by atoms with E-state index < -0.39 is 0 Å². The minimum Gasteiger partial charge on any atom is -0.295 e. The van der Waals surface area contributed by atoms with Crippen LogP contribution in [-0.4, -0.2) is 5.78 Å². The smallest absolute Gasteiger partial charge is 0.159 e. The average molecular weight is 122 g/mol. The van der Waals surface area contributed by atoms with Crippen LogP contribution in [0.4, 0.5) is 0 Å². The molecule has 0 fully saturated rings. The van der Waals surface area contributed by atoms with Gasteiger partial charge in [-0.3, -0.25) is 4.79 Å². The van der Waals surface area contributed by atoms with Crippen LogP contribution in [0.2, 0.25) is 0 Å². The number of hydrogen-bond acceptors (Lipinski definition) is 1. The lowest BCUT2D eigenvalue weighted by molar-refractivity contribution is -0.114. The van der Waals surface area contributed by atoms with Gasteiger partial charge in [-0.25, -0.2) is 0 Å². The van der Waals surface area contributed by atoms with E-state index in [0.29, 0.717) is 6.42 Å². The summed E-state index contributed by atoms with van der Waals surface area (Å²) in [5.41, 5.74) is 2.33. The lowest BCUT2D eigenvalue weighted by Gasteiger charge is -2.05. The minimum absolute atomic E-state index is 0.220. The number of ketones is 1. The molecule has 0 aromatic rings. The monoisotopic (exact) mass is 122 g/mol. The zero-order chi connectivity index (χ0) is 6.85. The van der Waals surface area contributed by atoms with E-state index in [2.05, 4.69) is 0 Å². The highest BCUT2D eigenvalue weighted by Crippen LogP contribution is 2.14. The van der Waals surface area contributed by atoms with Gasteiger partial charge >= 0.3 is 0 Å². The molecule has 1 rings (SSSR count). The van der Waals surface area contributed by atoms with Gasteiger partial charge in [-0.1, -0.05) is 11.6 Å². The van der Waals surface area contributed by atoms with Gasteiger partial charge in [0.1, 0.15) is 0 Å². The van der Waals surface area contributed by atoms with Crippen molar-refractivity contribution in [1.29, 1.82) is 0 Å². The molecule has 1 nitrogen and oxygen atoms in total. The quantitative estimate of drug-likeness (QED) is 0.479. The van der Waals surface area contributed by atoms with Gasteiger partial charge in [0.15, 0.2) is 5.78 Å². The summed E-state index contributed by atoms with van der Waals surface area (Å²) in [6.07, 6.45) is 4.26. The zero-order valence-corrected chi connectivity index (χ0v) is 5.77. The van der Waals surface area contributed by atoms with Gasteiger partial charge in [0.2, 0.25) is 0 Å². The van der Waals surface area contributed by atoms with Crippen molar-refractivity contribution in [2.45, 2.75) is 20.3 Å². The third-order valence-corrected chi connectivity index (χ3v) is 1.61. The summed E-state index contributed by atoms with van der Waals surface area (Å²) < 4.78 is 0. The molecule has 0 amide bonds. The van der Waals surface area contributed by atoms with E-state index in [4.69, 9.17) is 0 Å². The molecule has 0 aromatic carbocycles. The molecule has 0 unspecified atom stereocenters. The topological polar surface area (TPSA) is 17.1 Å². The van der Waals surface area contributed by atoms with E-state index in [1.165, 1.54) is 5.57 Å². The third kappa shape index (κ3) is 1.28. The normalized spacial score (nSPS) is 19.1.